The monoisotopic (exact) mass is 336 g/mol. The van der Waals surface area contributed by atoms with Crippen LogP contribution in [-0.2, 0) is 4.79 Å². The third kappa shape index (κ3) is 2.70. The SMILES string of the molecule is C[C@H]1CC(=O)N(C)C(=N)N1c1cc(-c2ccc(F)nc2F)cs1. The molecule has 1 N–H and O–H groups in total. The first-order valence-electron chi connectivity index (χ1n) is 6.93. The number of aromatic nitrogens is 1. The van der Waals surface area contributed by atoms with Gasteiger partial charge in [-0.05, 0) is 30.7 Å². The predicted molar refractivity (Wildman–Crippen MR) is 84.5 cm³/mol. The van der Waals surface area contributed by atoms with Crippen LogP contribution in [0.15, 0.2) is 23.6 Å². The van der Waals surface area contributed by atoms with Gasteiger partial charge >= 0.3 is 0 Å². The summed E-state index contributed by atoms with van der Waals surface area (Å²) >= 11 is 1.33. The highest BCUT2D eigenvalue weighted by molar-refractivity contribution is 7.14. The Bertz CT molecular complexity index is 792. The van der Waals surface area contributed by atoms with Crippen LogP contribution in [0.1, 0.15) is 13.3 Å². The van der Waals surface area contributed by atoms with Crippen LogP contribution in [0.4, 0.5) is 13.8 Å². The fraction of sp³-hybridized carbons (Fsp3) is 0.267. The number of pyridine rings is 1. The number of halogens is 2. The maximum absolute atomic E-state index is 13.8. The van der Waals surface area contributed by atoms with E-state index in [1.54, 1.807) is 23.4 Å². The van der Waals surface area contributed by atoms with Crippen LogP contribution in [0, 0.1) is 17.3 Å². The van der Waals surface area contributed by atoms with Crippen molar-refractivity contribution < 1.29 is 13.6 Å². The molecule has 1 saturated heterocycles. The third-order valence-corrected chi connectivity index (χ3v) is 4.71. The highest BCUT2D eigenvalue weighted by atomic mass is 32.1. The lowest BCUT2D eigenvalue weighted by Gasteiger charge is -2.38. The number of hydrogen-bond acceptors (Lipinski definition) is 4. The molecule has 0 unspecified atom stereocenters. The largest absolute Gasteiger partial charge is 0.300 e. The van der Waals surface area contributed by atoms with E-state index in [1.165, 1.54) is 22.3 Å². The van der Waals surface area contributed by atoms with Crippen LogP contribution < -0.4 is 4.90 Å². The van der Waals surface area contributed by atoms with Gasteiger partial charge in [0.1, 0.15) is 0 Å². The summed E-state index contributed by atoms with van der Waals surface area (Å²) in [4.78, 5) is 18.0. The number of nitrogens with one attached hydrogen (secondary N) is 1. The van der Waals surface area contributed by atoms with Crippen LogP contribution in [0.2, 0.25) is 0 Å². The number of amides is 1. The van der Waals surface area contributed by atoms with E-state index in [9.17, 15) is 13.6 Å². The molecule has 0 saturated carbocycles. The molecule has 0 bridgehead atoms. The second kappa shape index (κ2) is 5.69. The summed E-state index contributed by atoms with van der Waals surface area (Å²) in [5.41, 5.74) is 0.768. The smallest absolute Gasteiger partial charge is 0.231 e. The molecule has 120 valence electrons. The van der Waals surface area contributed by atoms with Crippen molar-refractivity contribution >= 4 is 28.2 Å². The normalized spacial score (nSPS) is 18.7. The first-order valence-corrected chi connectivity index (χ1v) is 7.81. The van der Waals surface area contributed by atoms with Gasteiger partial charge in [0.15, 0.2) is 0 Å². The van der Waals surface area contributed by atoms with E-state index in [0.717, 1.165) is 11.1 Å². The van der Waals surface area contributed by atoms with Crippen molar-refractivity contribution in [2.24, 2.45) is 0 Å². The zero-order valence-corrected chi connectivity index (χ0v) is 13.3. The lowest BCUT2D eigenvalue weighted by molar-refractivity contribution is -0.127. The summed E-state index contributed by atoms with van der Waals surface area (Å²) in [5.74, 6) is -1.76. The zero-order valence-electron chi connectivity index (χ0n) is 12.5. The van der Waals surface area contributed by atoms with Crippen molar-refractivity contribution in [3.63, 3.8) is 0 Å². The molecule has 0 spiro atoms. The van der Waals surface area contributed by atoms with Gasteiger partial charge in [-0.1, -0.05) is 0 Å². The van der Waals surface area contributed by atoms with Crippen LogP contribution in [0.25, 0.3) is 11.1 Å². The van der Waals surface area contributed by atoms with Crippen LogP contribution in [0.5, 0.6) is 0 Å². The number of rotatable bonds is 2. The molecule has 0 aliphatic carbocycles. The van der Waals surface area contributed by atoms with Crippen molar-refractivity contribution in [3.05, 3.63) is 35.5 Å². The van der Waals surface area contributed by atoms with Crippen molar-refractivity contribution in [3.8, 4) is 11.1 Å². The summed E-state index contributed by atoms with van der Waals surface area (Å²) in [7, 11) is 1.56. The van der Waals surface area contributed by atoms with E-state index in [-0.39, 0.29) is 23.5 Å². The summed E-state index contributed by atoms with van der Waals surface area (Å²) < 4.78 is 26.7. The molecule has 3 rings (SSSR count). The van der Waals surface area contributed by atoms with Crippen molar-refractivity contribution in [1.82, 2.24) is 9.88 Å². The van der Waals surface area contributed by atoms with E-state index < -0.39 is 11.9 Å². The highest BCUT2D eigenvalue weighted by Gasteiger charge is 2.33. The second-order valence-electron chi connectivity index (χ2n) is 5.35. The van der Waals surface area contributed by atoms with Gasteiger partial charge < -0.3 is 4.90 Å². The molecule has 8 heteroatoms. The number of anilines is 1. The van der Waals surface area contributed by atoms with E-state index in [2.05, 4.69) is 4.98 Å². The summed E-state index contributed by atoms with van der Waals surface area (Å²) in [6.07, 6.45) is 0.304. The lowest BCUT2D eigenvalue weighted by Crippen LogP contribution is -2.55. The lowest BCUT2D eigenvalue weighted by atomic mass is 10.1. The fourth-order valence-corrected chi connectivity index (χ4v) is 3.53. The maximum atomic E-state index is 13.8. The third-order valence-electron chi connectivity index (χ3n) is 3.78. The van der Waals surface area contributed by atoms with E-state index in [4.69, 9.17) is 5.41 Å². The topological polar surface area (TPSA) is 60.3 Å². The van der Waals surface area contributed by atoms with Gasteiger partial charge in [0.05, 0.1) is 5.00 Å². The molecule has 0 radical (unpaired) electrons. The number of hydrogen-bond donors (Lipinski definition) is 1. The molecule has 2 aromatic heterocycles. The van der Waals surface area contributed by atoms with E-state index in [1.807, 2.05) is 6.92 Å². The van der Waals surface area contributed by atoms with Gasteiger partial charge in [0.2, 0.25) is 23.8 Å². The van der Waals surface area contributed by atoms with Gasteiger partial charge in [0, 0.05) is 30.5 Å². The van der Waals surface area contributed by atoms with Crippen LogP contribution in [0.3, 0.4) is 0 Å². The molecule has 5 nitrogen and oxygen atoms in total. The van der Waals surface area contributed by atoms with Crippen LogP contribution in [-0.4, -0.2) is 34.8 Å². The molecule has 0 aromatic carbocycles. The molecular formula is C15H14F2N4OS. The standard InChI is InChI=1S/C15H14F2N4OS/c1-8-5-12(22)20(2)15(18)21(8)13-6-9(7-23-13)10-3-4-11(16)19-14(10)17/h3-4,6-8,18H,5H2,1-2H3/t8-/m0/s1. The van der Waals surface area contributed by atoms with E-state index in [0.29, 0.717) is 12.0 Å². The first-order chi connectivity index (χ1) is 10.9. The summed E-state index contributed by atoms with van der Waals surface area (Å²) in [6.45, 7) is 1.86. The van der Waals surface area contributed by atoms with Gasteiger partial charge in [0.25, 0.3) is 0 Å². The highest BCUT2D eigenvalue weighted by Crippen LogP contribution is 2.35. The Morgan fingerprint density at radius 3 is 2.83 bits per heavy atom. The number of carbonyl (C=O) groups is 1. The molecule has 3 heterocycles. The van der Waals surface area contributed by atoms with Gasteiger partial charge in [-0.3, -0.25) is 15.1 Å². The van der Waals surface area contributed by atoms with Gasteiger partial charge in [-0.25, -0.2) is 0 Å². The molecule has 2 aromatic rings. The van der Waals surface area contributed by atoms with Gasteiger partial charge in [-0.2, -0.15) is 13.8 Å². The molecule has 1 atom stereocenters. The zero-order chi connectivity index (χ0) is 16.7. The predicted octanol–water partition coefficient (Wildman–Crippen LogP) is 3.08. The van der Waals surface area contributed by atoms with Crippen molar-refractivity contribution in [2.45, 2.75) is 19.4 Å². The number of nitrogens with zero attached hydrogens (tertiary/aromatic N) is 3. The Kier molecular flexibility index (Phi) is 3.85. The average molecular weight is 336 g/mol. The number of guanidine groups is 1. The minimum atomic E-state index is -0.872. The molecule has 1 aliphatic heterocycles. The average Bonchev–Trinajstić information content (AvgIpc) is 2.94. The van der Waals surface area contributed by atoms with Crippen LogP contribution >= 0.6 is 11.3 Å². The Morgan fingerprint density at radius 2 is 2.13 bits per heavy atom. The molecule has 23 heavy (non-hydrogen) atoms. The van der Waals surface area contributed by atoms with Crippen molar-refractivity contribution in [2.75, 3.05) is 11.9 Å². The van der Waals surface area contributed by atoms with Gasteiger partial charge in [-0.15, -0.1) is 11.3 Å². The maximum Gasteiger partial charge on any atom is 0.231 e. The molecule has 1 amide bonds. The van der Waals surface area contributed by atoms with Crippen molar-refractivity contribution in [1.29, 1.82) is 5.41 Å². The second-order valence-corrected chi connectivity index (χ2v) is 6.24. The van der Waals surface area contributed by atoms with E-state index >= 15 is 0 Å². The first kappa shape index (κ1) is 15.5. The number of carbonyl (C=O) groups excluding carboxylic acids is 1. The Labute approximate surface area is 135 Å². The molecular weight excluding hydrogens is 322 g/mol. The quantitative estimate of drug-likeness (QED) is 0.858. The molecule has 1 fully saturated rings. The minimum absolute atomic E-state index is 0.0832. The Balaban J connectivity index is 1.95. The fourth-order valence-electron chi connectivity index (χ4n) is 2.51. The number of thiophene rings is 1. The summed E-state index contributed by atoms with van der Waals surface area (Å²) in [5, 5.41) is 10.6. The Morgan fingerprint density at radius 1 is 1.39 bits per heavy atom. The molecule has 1 aliphatic rings. The Hall–Kier alpha value is -2.35. The summed E-state index contributed by atoms with van der Waals surface area (Å²) in [6, 6.07) is 4.00. The minimum Gasteiger partial charge on any atom is -0.300 e.